The molecule has 1 aromatic heterocycles. The Morgan fingerprint density at radius 3 is 2.69 bits per heavy atom. The van der Waals surface area contributed by atoms with Gasteiger partial charge in [0.25, 0.3) is 5.91 Å². The molecule has 5 nitrogen and oxygen atoms in total. The molecule has 0 radical (unpaired) electrons. The number of pyridine rings is 1. The number of ether oxygens (including phenoxy) is 1. The highest BCUT2D eigenvalue weighted by atomic mass is 79.9. The zero-order valence-corrected chi connectivity index (χ0v) is 16.6. The van der Waals surface area contributed by atoms with Crippen molar-refractivity contribution in [3.05, 3.63) is 64.4 Å². The first-order valence-corrected chi connectivity index (χ1v) is 9.68. The molecule has 0 bridgehead atoms. The van der Waals surface area contributed by atoms with Crippen LogP contribution in [0.15, 0.2) is 53.3 Å². The number of halogens is 1. The average molecular weight is 418 g/mol. The zero-order chi connectivity index (χ0) is 18.4. The Morgan fingerprint density at radius 1 is 1.27 bits per heavy atom. The van der Waals surface area contributed by atoms with Gasteiger partial charge in [-0.15, -0.1) is 0 Å². The summed E-state index contributed by atoms with van der Waals surface area (Å²) in [6.45, 7) is 6.87. The van der Waals surface area contributed by atoms with E-state index in [0.717, 1.165) is 42.9 Å². The third-order valence-electron chi connectivity index (χ3n) is 4.57. The van der Waals surface area contributed by atoms with Crippen molar-refractivity contribution in [2.45, 2.75) is 19.5 Å². The van der Waals surface area contributed by atoms with Crippen molar-refractivity contribution in [1.82, 2.24) is 14.8 Å². The number of benzene rings is 1. The first kappa shape index (κ1) is 19.0. The number of nitrogens with zero attached hydrogens (tertiary/aromatic N) is 3. The Hall–Kier alpha value is -1.76. The summed E-state index contributed by atoms with van der Waals surface area (Å²) in [4.78, 5) is 21.7. The highest BCUT2D eigenvalue weighted by Crippen LogP contribution is 2.17. The minimum Gasteiger partial charge on any atom is -0.379 e. The van der Waals surface area contributed by atoms with E-state index in [1.54, 1.807) is 12.4 Å². The van der Waals surface area contributed by atoms with Gasteiger partial charge in [-0.3, -0.25) is 14.7 Å². The Balaban J connectivity index is 1.79. The fourth-order valence-corrected chi connectivity index (χ4v) is 3.52. The van der Waals surface area contributed by atoms with Crippen LogP contribution in [-0.2, 0) is 11.3 Å². The summed E-state index contributed by atoms with van der Waals surface area (Å²) in [5, 5.41) is 0. The van der Waals surface area contributed by atoms with Crippen LogP contribution in [0.3, 0.4) is 0 Å². The number of carbonyl (C=O) groups excluding carboxylic acids is 1. The van der Waals surface area contributed by atoms with Crippen LogP contribution >= 0.6 is 15.9 Å². The van der Waals surface area contributed by atoms with Crippen LogP contribution in [0, 0.1) is 0 Å². The van der Waals surface area contributed by atoms with Crippen LogP contribution in [0.25, 0.3) is 0 Å². The number of morpholine rings is 1. The Morgan fingerprint density at radius 2 is 2.00 bits per heavy atom. The molecule has 1 fully saturated rings. The molecule has 26 heavy (non-hydrogen) atoms. The van der Waals surface area contributed by atoms with Gasteiger partial charge in [0.1, 0.15) is 0 Å². The fourth-order valence-electron chi connectivity index (χ4n) is 3.16. The highest BCUT2D eigenvalue weighted by molar-refractivity contribution is 9.10. The molecule has 138 valence electrons. The predicted octanol–water partition coefficient (Wildman–Crippen LogP) is 3.21. The lowest BCUT2D eigenvalue weighted by atomic mass is 10.1. The summed E-state index contributed by atoms with van der Waals surface area (Å²) in [6, 6.07) is 12.0. The Labute approximate surface area is 163 Å². The second kappa shape index (κ2) is 9.26. The van der Waals surface area contributed by atoms with Crippen LogP contribution in [-0.4, -0.2) is 59.6 Å². The van der Waals surface area contributed by atoms with Gasteiger partial charge in [0.2, 0.25) is 0 Å². The quantitative estimate of drug-likeness (QED) is 0.723. The minimum absolute atomic E-state index is 0.00316. The molecule has 1 aromatic carbocycles. The number of hydrogen-bond donors (Lipinski definition) is 0. The number of hydrogen-bond acceptors (Lipinski definition) is 4. The summed E-state index contributed by atoms with van der Waals surface area (Å²) in [5.74, 6) is 0.00316. The molecule has 1 atom stereocenters. The maximum Gasteiger partial charge on any atom is 0.256 e. The molecule has 1 saturated heterocycles. The van der Waals surface area contributed by atoms with E-state index in [1.807, 2.05) is 29.2 Å². The SMILES string of the molecule is CC(CN1CCOCC1)N(Cc1ccccc1)C(=O)c1cncc(Br)c1. The van der Waals surface area contributed by atoms with Crippen molar-refractivity contribution in [3.8, 4) is 0 Å². The lowest BCUT2D eigenvalue weighted by molar-refractivity contribution is 0.0228. The fraction of sp³-hybridized carbons (Fsp3) is 0.400. The summed E-state index contributed by atoms with van der Waals surface area (Å²) >= 11 is 3.41. The topological polar surface area (TPSA) is 45.7 Å². The second-order valence-corrected chi connectivity index (χ2v) is 7.49. The van der Waals surface area contributed by atoms with Crippen molar-refractivity contribution in [2.75, 3.05) is 32.8 Å². The van der Waals surface area contributed by atoms with E-state index in [4.69, 9.17) is 4.74 Å². The van der Waals surface area contributed by atoms with E-state index in [-0.39, 0.29) is 11.9 Å². The second-order valence-electron chi connectivity index (χ2n) is 6.57. The van der Waals surface area contributed by atoms with Crippen LogP contribution < -0.4 is 0 Å². The third kappa shape index (κ3) is 5.13. The molecule has 6 heteroatoms. The van der Waals surface area contributed by atoms with Crippen LogP contribution in [0.2, 0.25) is 0 Å². The summed E-state index contributed by atoms with van der Waals surface area (Å²) in [7, 11) is 0. The molecule has 0 saturated carbocycles. The van der Waals surface area contributed by atoms with Crippen LogP contribution in [0.1, 0.15) is 22.8 Å². The van der Waals surface area contributed by atoms with Gasteiger partial charge >= 0.3 is 0 Å². The third-order valence-corrected chi connectivity index (χ3v) is 5.00. The highest BCUT2D eigenvalue weighted by Gasteiger charge is 2.25. The largest absolute Gasteiger partial charge is 0.379 e. The van der Waals surface area contributed by atoms with Crippen molar-refractivity contribution in [2.24, 2.45) is 0 Å². The van der Waals surface area contributed by atoms with Gasteiger partial charge in [-0.1, -0.05) is 30.3 Å². The Kier molecular flexibility index (Phi) is 6.77. The molecular formula is C20H24BrN3O2. The van der Waals surface area contributed by atoms with Gasteiger partial charge < -0.3 is 9.64 Å². The number of amides is 1. The molecular weight excluding hydrogens is 394 g/mol. The van der Waals surface area contributed by atoms with E-state index in [1.165, 1.54) is 0 Å². The van der Waals surface area contributed by atoms with Crippen molar-refractivity contribution in [3.63, 3.8) is 0 Å². The van der Waals surface area contributed by atoms with Crippen molar-refractivity contribution in [1.29, 1.82) is 0 Å². The van der Waals surface area contributed by atoms with Gasteiger partial charge in [-0.05, 0) is 34.5 Å². The van der Waals surface area contributed by atoms with Crippen molar-refractivity contribution >= 4 is 21.8 Å². The molecule has 2 heterocycles. The van der Waals surface area contributed by atoms with Gasteiger partial charge in [0.15, 0.2) is 0 Å². The smallest absolute Gasteiger partial charge is 0.256 e. The zero-order valence-electron chi connectivity index (χ0n) is 15.0. The van der Waals surface area contributed by atoms with Gasteiger partial charge in [0, 0.05) is 49.1 Å². The molecule has 2 aromatic rings. The minimum atomic E-state index is 0.00316. The predicted molar refractivity (Wildman–Crippen MR) is 105 cm³/mol. The van der Waals surface area contributed by atoms with Gasteiger partial charge in [0.05, 0.1) is 18.8 Å². The standard InChI is InChI=1S/C20H24BrN3O2/c1-16(14-23-7-9-26-10-8-23)24(15-17-5-3-2-4-6-17)20(25)18-11-19(21)13-22-12-18/h2-6,11-13,16H,7-10,14-15H2,1H3. The lowest BCUT2D eigenvalue weighted by Gasteiger charge is -2.35. The molecule has 1 aliphatic rings. The lowest BCUT2D eigenvalue weighted by Crippen LogP contribution is -2.48. The number of aromatic nitrogens is 1. The van der Waals surface area contributed by atoms with Gasteiger partial charge in [-0.25, -0.2) is 0 Å². The molecule has 1 unspecified atom stereocenters. The van der Waals surface area contributed by atoms with Crippen LogP contribution in [0.5, 0.6) is 0 Å². The molecule has 3 rings (SSSR count). The molecule has 0 aliphatic carbocycles. The maximum atomic E-state index is 13.2. The molecule has 1 aliphatic heterocycles. The van der Waals surface area contributed by atoms with Crippen molar-refractivity contribution < 1.29 is 9.53 Å². The molecule has 0 spiro atoms. The van der Waals surface area contributed by atoms with E-state index in [9.17, 15) is 4.79 Å². The maximum absolute atomic E-state index is 13.2. The number of carbonyl (C=O) groups is 1. The van der Waals surface area contributed by atoms with Gasteiger partial charge in [-0.2, -0.15) is 0 Å². The van der Waals surface area contributed by atoms with E-state index in [2.05, 4.69) is 44.9 Å². The molecule has 0 N–H and O–H groups in total. The Bertz CT molecular complexity index is 720. The first-order chi connectivity index (χ1) is 12.6. The summed E-state index contributed by atoms with van der Waals surface area (Å²) < 4.78 is 6.24. The summed E-state index contributed by atoms with van der Waals surface area (Å²) in [6.07, 6.45) is 3.32. The van der Waals surface area contributed by atoms with E-state index in [0.29, 0.717) is 12.1 Å². The van der Waals surface area contributed by atoms with E-state index < -0.39 is 0 Å². The van der Waals surface area contributed by atoms with Crippen LogP contribution in [0.4, 0.5) is 0 Å². The molecule has 1 amide bonds. The first-order valence-electron chi connectivity index (χ1n) is 8.89. The monoisotopic (exact) mass is 417 g/mol. The van der Waals surface area contributed by atoms with E-state index >= 15 is 0 Å². The number of rotatable bonds is 6. The normalized spacial score (nSPS) is 16.2. The summed E-state index contributed by atoms with van der Waals surface area (Å²) in [5.41, 5.74) is 1.72. The average Bonchev–Trinajstić information content (AvgIpc) is 2.67.